The molecule has 0 saturated heterocycles. The van der Waals surface area contributed by atoms with Crippen molar-refractivity contribution in [2.24, 2.45) is 0 Å². The number of hydrogen-bond donors (Lipinski definition) is 0. The van der Waals surface area contributed by atoms with Crippen molar-refractivity contribution in [3.05, 3.63) is 121 Å². The maximum atomic E-state index is 13.7. The zero-order chi connectivity index (χ0) is 18.5. The van der Waals surface area contributed by atoms with E-state index in [4.69, 9.17) is 0 Å². The molecule has 0 N–H and O–H groups in total. The number of nitrogens with zero attached hydrogens (tertiary/aromatic N) is 1. The van der Waals surface area contributed by atoms with E-state index < -0.39 is 0 Å². The van der Waals surface area contributed by atoms with E-state index in [1.54, 1.807) is 4.90 Å². The lowest BCUT2D eigenvalue weighted by atomic mass is 9.98. The van der Waals surface area contributed by atoms with Gasteiger partial charge in [0.2, 0.25) is 0 Å². The van der Waals surface area contributed by atoms with Crippen LogP contribution in [-0.2, 0) is 0 Å². The van der Waals surface area contributed by atoms with Crippen LogP contribution in [0.15, 0.2) is 109 Å². The molecule has 0 aliphatic carbocycles. The Morgan fingerprint density at radius 2 is 1.15 bits per heavy atom. The lowest BCUT2D eigenvalue weighted by Gasteiger charge is -2.24. The molecule has 0 aliphatic rings. The SMILES string of the molecule is O=C(c1ccccc1-c1cc[c]cc1)N(c1ccccc1)c1ccccc1. The van der Waals surface area contributed by atoms with E-state index in [9.17, 15) is 4.79 Å². The first-order valence-corrected chi connectivity index (χ1v) is 8.85. The van der Waals surface area contributed by atoms with Gasteiger partial charge in [-0.1, -0.05) is 78.9 Å². The van der Waals surface area contributed by atoms with E-state index in [0.29, 0.717) is 5.56 Å². The summed E-state index contributed by atoms with van der Waals surface area (Å²) in [5, 5.41) is 0. The molecule has 0 fully saturated rings. The maximum absolute atomic E-state index is 13.7. The van der Waals surface area contributed by atoms with Gasteiger partial charge in [-0.15, -0.1) is 0 Å². The third-order valence-electron chi connectivity index (χ3n) is 4.42. The number of rotatable bonds is 4. The highest BCUT2D eigenvalue weighted by Gasteiger charge is 2.22. The lowest BCUT2D eigenvalue weighted by Crippen LogP contribution is -2.26. The van der Waals surface area contributed by atoms with Gasteiger partial charge in [-0.2, -0.15) is 0 Å². The van der Waals surface area contributed by atoms with E-state index in [-0.39, 0.29) is 5.91 Å². The van der Waals surface area contributed by atoms with Gasteiger partial charge < -0.3 is 0 Å². The van der Waals surface area contributed by atoms with Gasteiger partial charge in [0, 0.05) is 16.9 Å². The highest BCUT2D eigenvalue weighted by molar-refractivity contribution is 6.14. The summed E-state index contributed by atoms with van der Waals surface area (Å²) in [7, 11) is 0. The summed E-state index contributed by atoms with van der Waals surface area (Å²) in [6, 6.07) is 37.9. The Hall–Kier alpha value is -3.65. The van der Waals surface area contributed by atoms with Crippen molar-refractivity contribution in [1.82, 2.24) is 0 Å². The molecule has 27 heavy (non-hydrogen) atoms. The summed E-state index contributed by atoms with van der Waals surface area (Å²) >= 11 is 0. The quantitative estimate of drug-likeness (QED) is 0.434. The second-order valence-electron chi connectivity index (χ2n) is 6.15. The molecule has 129 valence electrons. The lowest BCUT2D eigenvalue weighted by molar-refractivity contribution is 0.1000. The van der Waals surface area contributed by atoms with Crippen LogP contribution in [-0.4, -0.2) is 5.91 Å². The monoisotopic (exact) mass is 348 g/mol. The summed E-state index contributed by atoms with van der Waals surface area (Å²) in [5.74, 6) is -0.0594. The molecule has 0 aromatic heterocycles. The zero-order valence-electron chi connectivity index (χ0n) is 14.7. The molecule has 2 nitrogen and oxygen atoms in total. The van der Waals surface area contributed by atoms with Crippen LogP contribution in [0.5, 0.6) is 0 Å². The van der Waals surface area contributed by atoms with Gasteiger partial charge in [0.05, 0.1) is 0 Å². The molecular weight excluding hydrogens is 330 g/mol. The fourth-order valence-electron chi connectivity index (χ4n) is 3.15. The molecule has 4 rings (SSSR count). The molecule has 0 bridgehead atoms. The van der Waals surface area contributed by atoms with Crippen molar-refractivity contribution >= 4 is 17.3 Å². The fourth-order valence-corrected chi connectivity index (χ4v) is 3.15. The fraction of sp³-hybridized carbons (Fsp3) is 0. The van der Waals surface area contributed by atoms with Gasteiger partial charge in [0.1, 0.15) is 0 Å². The predicted octanol–water partition coefficient (Wildman–Crippen LogP) is 6.13. The number of para-hydroxylation sites is 2. The molecule has 0 atom stereocenters. The molecule has 4 aromatic rings. The Kier molecular flexibility index (Phi) is 4.80. The third-order valence-corrected chi connectivity index (χ3v) is 4.42. The Labute approximate surface area is 159 Å². The molecule has 0 spiro atoms. The molecule has 0 unspecified atom stereocenters. The van der Waals surface area contributed by atoms with Crippen LogP contribution in [0.1, 0.15) is 10.4 Å². The number of amides is 1. The average Bonchev–Trinajstić information content (AvgIpc) is 2.76. The summed E-state index contributed by atoms with van der Waals surface area (Å²) in [6.07, 6.45) is 0. The molecule has 1 amide bonds. The van der Waals surface area contributed by atoms with Gasteiger partial charge in [0.25, 0.3) is 5.91 Å². The van der Waals surface area contributed by atoms with Gasteiger partial charge in [-0.25, -0.2) is 0 Å². The second kappa shape index (κ2) is 7.71. The summed E-state index contributed by atoms with van der Waals surface area (Å²) in [4.78, 5) is 15.4. The van der Waals surface area contributed by atoms with Crippen molar-refractivity contribution in [2.75, 3.05) is 4.90 Å². The van der Waals surface area contributed by atoms with E-state index in [2.05, 4.69) is 6.07 Å². The molecule has 0 saturated carbocycles. The van der Waals surface area contributed by atoms with Crippen LogP contribution in [0, 0.1) is 6.07 Å². The summed E-state index contributed by atoms with van der Waals surface area (Å²) in [5.41, 5.74) is 4.25. The smallest absolute Gasteiger partial charge is 0.263 e. The van der Waals surface area contributed by atoms with Crippen molar-refractivity contribution < 1.29 is 4.79 Å². The van der Waals surface area contributed by atoms with E-state index in [0.717, 1.165) is 22.5 Å². The second-order valence-corrected chi connectivity index (χ2v) is 6.15. The van der Waals surface area contributed by atoms with Gasteiger partial charge in [-0.05, 0) is 47.5 Å². The highest BCUT2D eigenvalue weighted by Crippen LogP contribution is 2.31. The van der Waals surface area contributed by atoms with E-state index in [1.807, 2.05) is 109 Å². The van der Waals surface area contributed by atoms with Crippen LogP contribution in [0.25, 0.3) is 11.1 Å². The largest absolute Gasteiger partial charge is 0.277 e. The normalized spacial score (nSPS) is 10.4. The predicted molar refractivity (Wildman–Crippen MR) is 110 cm³/mol. The number of hydrogen-bond acceptors (Lipinski definition) is 1. The summed E-state index contributed by atoms with van der Waals surface area (Å²) in [6.45, 7) is 0. The zero-order valence-corrected chi connectivity index (χ0v) is 14.7. The molecule has 0 heterocycles. The molecule has 1 radical (unpaired) electrons. The Morgan fingerprint density at radius 3 is 1.74 bits per heavy atom. The number of benzene rings is 4. The number of carbonyl (C=O) groups is 1. The van der Waals surface area contributed by atoms with E-state index >= 15 is 0 Å². The van der Waals surface area contributed by atoms with Gasteiger partial charge in [0.15, 0.2) is 0 Å². The molecule has 0 aliphatic heterocycles. The van der Waals surface area contributed by atoms with Gasteiger partial charge >= 0.3 is 0 Å². The molecule has 2 heteroatoms. The highest BCUT2D eigenvalue weighted by atomic mass is 16.2. The third kappa shape index (κ3) is 3.51. The first kappa shape index (κ1) is 16.8. The summed E-state index contributed by atoms with van der Waals surface area (Å²) < 4.78 is 0. The first-order chi connectivity index (χ1) is 13.3. The van der Waals surface area contributed by atoms with Crippen molar-refractivity contribution in [3.63, 3.8) is 0 Å². The van der Waals surface area contributed by atoms with Crippen LogP contribution in [0.2, 0.25) is 0 Å². The molecular formula is C25H18NO. The Morgan fingerprint density at radius 1 is 0.630 bits per heavy atom. The minimum atomic E-state index is -0.0594. The van der Waals surface area contributed by atoms with Crippen molar-refractivity contribution in [1.29, 1.82) is 0 Å². The molecule has 4 aromatic carbocycles. The minimum Gasteiger partial charge on any atom is -0.277 e. The van der Waals surface area contributed by atoms with Crippen LogP contribution in [0.4, 0.5) is 11.4 Å². The minimum absolute atomic E-state index is 0.0594. The number of carbonyl (C=O) groups excluding carboxylic acids is 1. The maximum Gasteiger partial charge on any atom is 0.263 e. The van der Waals surface area contributed by atoms with Gasteiger partial charge in [-0.3, -0.25) is 9.69 Å². The Bertz CT molecular complexity index is 988. The van der Waals surface area contributed by atoms with E-state index in [1.165, 1.54) is 0 Å². The van der Waals surface area contributed by atoms with Crippen molar-refractivity contribution in [3.8, 4) is 11.1 Å². The van der Waals surface area contributed by atoms with Crippen LogP contribution < -0.4 is 4.90 Å². The van der Waals surface area contributed by atoms with Crippen LogP contribution >= 0.6 is 0 Å². The number of anilines is 2. The standard InChI is InChI=1S/C25H18NO/c27-25(24-19-11-10-18-23(24)20-12-4-1-5-13-20)26(21-14-6-2-7-15-21)22-16-8-3-9-17-22/h2-19H. The Balaban J connectivity index is 1.85. The topological polar surface area (TPSA) is 20.3 Å². The average molecular weight is 348 g/mol. The van der Waals surface area contributed by atoms with Crippen molar-refractivity contribution in [2.45, 2.75) is 0 Å². The van der Waals surface area contributed by atoms with Crippen LogP contribution in [0.3, 0.4) is 0 Å². The first-order valence-electron chi connectivity index (χ1n) is 8.85.